The monoisotopic (exact) mass is 427 g/mol. The number of nitrogens with zero attached hydrogens (tertiary/aromatic N) is 5. The lowest BCUT2D eigenvalue weighted by molar-refractivity contribution is 0.0710. The molecule has 152 valence electrons. The standard InChI is InChI=1S/C17H22ClN5O4S/c1-21(2)17-19-15(27-20-17)14-6-5-9-23(14)16(24)12-10-11(7-8-13(12)18)28(25,26)22(3)4/h7-8,10,14H,5-6,9H2,1-4H3/t14-/m1/s1. The van der Waals surface area contributed by atoms with Gasteiger partial charge in [-0.15, -0.1) is 0 Å². The van der Waals surface area contributed by atoms with Crippen LogP contribution < -0.4 is 4.90 Å². The van der Waals surface area contributed by atoms with Gasteiger partial charge < -0.3 is 14.3 Å². The Hall–Kier alpha value is -2.17. The summed E-state index contributed by atoms with van der Waals surface area (Å²) in [6.45, 7) is 0.490. The van der Waals surface area contributed by atoms with Crippen molar-refractivity contribution in [3.63, 3.8) is 0 Å². The number of carbonyl (C=O) groups excluding carboxylic acids is 1. The summed E-state index contributed by atoms with van der Waals surface area (Å²) >= 11 is 6.22. The minimum Gasteiger partial charge on any atom is -0.344 e. The van der Waals surface area contributed by atoms with Crippen molar-refractivity contribution < 1.29 is 17.7 Å². The third-order valence-electron chi connectivity index (χ3n) is 4.58. The Morgan fingerprint density at radius 1 is 1.29 bits per heavy atom. The summed E-state index contributed by atoms with van der Waals surface area (Å²) in [5.41, 5.74) is 0.129. The summed E-state index contributed by atoms with van der Waals surface area (Å²) in [6.07, 6.45) is 1.44. The minimum absolute atomic E-state index is 0.00804. The second-order valence-electron chi connectivity index (χ2n) is 6.91. The molecule has 1 aromatic carbocycles. The van der Waals surface area contributed by atoms with Crippen LogP contribution in [0.25, 0.3) is 0 Å². The van der Waals surface area contributed by atoms with E-state index in [0.29, 0.717) is 24.8 Å². The maximum Gasteiger partial charge on any atom is 0.265 e. The zero-order chi connectivity index (χ0) is 20.6. The number of anilines is 1. The van der Waals surface area contributed by atoms with Gasteiger partial charge in [0.15, 0.2) is 0 Å². The number of likely N-dealkylation sites (tertiary alicyclic amines) is 1. The van der Waals surface area contributed by atoms with Crippen molar-refractivity contribution in [2.45, 2.75) is 23.8 Å². The molecule has 1 atom stereocenters. The molecule has 1 saturated heterocycles. The van der Waals surface area contributed by atoms with Crippen molar-refractivity contribution in [1.82, 2.24) is 19.3 Å². The molecule has 0 unspecified atom stereocenters. The number of halogens is 1. The molecule has 0 N–H and O–H groups in total. The number of carbonyl (C=O) groups is 1. The molecule has 11 heteroatoms. The lowest BCUT2D eigenvalue weighted by atomic mass is 10.1. The fraction of sp³-hybridized carbons (Fsp3) is 0.471. The Labute approximate surface area is 168 Å². The van der Waals surface area contributed by atoms with Crippen molar-refractivity contribution in [2.75, 3.05) is 39.6 Å². The molecule has 0 bridgehead atoms. The number of aromatic nitrogens is 2. The van der Waals surface area contributed by atoms with Gasteiger partial charge in [0.2, 0.25) is 10.0 Å². The minimum atomic E-state index is -3.69. The lowest BCUT2D eigenvalue weighted by Crippen LogP contribution is -2.31. The molecule has 0 spiro atoms. The maximum atomic E-state index is 13.2. The van der Waals surface area contributed by atoms with Gasteiger partial charge in [-0.1, -0.05) is 11.6 Å². The molecule has 3 rings (SSSR count). The number of benzene rings is 1. The first-order valence-corrected chi connectivity index (χ1v) is 10.5. The molecule has 1 aliphatic rings. The maximum absolute atomic E-state index is 13.2. The first-order valence-electron chi connectivity index (χ1n) is 8.67. The molecule has 1 amide bonds. The van der Waals surface area contributed by atoms with Gasteiger partial charge in [-0.05, 0) is 36.2 Å². The van der Waals surface area contributed by atoms with Crippen molar-refractivity contribution >= 4 is 33.5 Å². The van der Waals surface area contributed by atoms with Crippen LogP contribution in [0.3, 0.4) is 0 Å². The van der Waals surface area contributed by atoms with Crippen LogP contribution in [0.1, 0.15) is 35.1 Å². The quantitative estimate of drug-likeness (QED) is 0.719. The van der Waals surface area contributed by atoms with E-state index in [9.17, 15) is 13.2 Å². The van der Waals surface area contributed by atoms with Gasteiger partial charge in [-0.25, -0.2) is 12.7 Å². The van der Waals surface area contributed by atoms with Crippen LogP contribution in [0.5, 0.6) is 0 Å². The third-order valence-corrected chi connectivity index (χ3v) is 6.72. The highest BCUT2D eigenvalue weighted by molar-refractivity contribution is 7.89. The highest BCUT2D eigenvalue weighted by atomic mass is 35.5. The molecule has 2 aromatic rings. The average molecular weight is 428 g/mol. The SMILES string of the molecule is CN(C)c1noc([C@H]2CCCN2C(=O)c2cc(S(=O)(=O)N(C)C)ccc2Cl)n1. The molecule has 0 radical (unpaired) electrons. The highest BCUT2D eigenvalue weighted by Crippen LogP contribution is 2.34. The Kier molecular flexibility index (Phi) is 5.64. The topological polar surface area (TPSA) is 99.8 Å². The highest BCUT2D eigenvalue weighted by Gasteiger charge is 2.36. The second-order valence-corrected chi connectivity index (χ2v) is 9.47. The summed E-state index contributed by atoms with van der Waals surface area (Å²) in [5, 5.41) is 4.09. The van der Waals surface area contributed by atoms with Crippen molar-refractivity contribution in [1.29, 1.82) is 0 Å². The van der Waals surface area contributed by atoms with Gasteiger partial charge in [0.25, 0.3) is 17.7 Å². The Balaban J connectivity index is 1.94. The van der Waals surface area contributed by atoms with E-state index < -0.39 is 10.0 Å². The molecular weight excluding hydrogens is 406 g/mol. The van der Waals surface area contributed by atoms with Gasteiger partial charge in [0.05, 0.1) is 15.5 Å². The first kappa shape index (κ1) is 20.6. The molecule has 1 aromatic heterocycles. The number of amides is 1. The predicted molar refractivity (Wildman–Crippen MR) is 104 cm³/mol. The normalized spacial score (nSPS) is 17.4. The van der Waals surface area contributed by atoms with E-state index in [1.165, 1.54) is 32.3 Å². The van der Waals surface area contributed by atoms with Crippen LogP contribution in [0.15, 0.2) is 27.6 Å². The van der Waals surface area contributed by atoms with Crippen LogP contribution in [0.4, 0.5) is 5.95 Å². The largest absolute Gasteiger partial charge is 0.344 e. The van der Waals surface area contributed by atoms with E-state index in [1.807, 2.05) is 0 Å². The molecule has 9 nitrogen and oxygen atoms in total. The molecule has 0 saturated carbocycles. The van der Waals surface area contributed by atoms with Gasteiger partial charge in [-0.3, -0.25) is 4.79 Å². The van der Waals surface area contributed by atoms with Gasteiger partial charge in [0.1, 0.15) is 6.04 Å². The molecule has 1 aliphatic heterocycles. The van der Waals surface area contributed by atoms with Crippen LogP contribution in [0, 0.1) is 0 Å². The van der Waals surface area contributed by atoms with E-state index in [0.717, 1.165) is 10.7 Å². The first-order chi connectivity index (χ1) is 13.1. The number of hydrogen-bond donors (Lipinski definition) is 0. The van der Waals surface area contributed by atoms with E-state index in [1.54, 1.807) is 23.9 Å². The molecule has 2 heterocycles. The number of sulfonamides is 1. The van der Waals surface area contributed by atoms with Gasteiger partial charge >= 0.3 is 0 Å². The van der Waals surface area contributed by atoms with E-state index in [-0.39, 0.29) is 27.4 Å². The lowest BCUT2D eigenvalue weighted by Gasteiger charge is -2.23. The Morgan fingerprint density at radius 3 is 2.61 bits per heavy atom. The number of hydrogen-bond acceptors (Lipinski definition) is 7. The number of rotatable bonds is 5. The summed E-state index contributed by atoms with van der Waals surface area (Å²) in [6, 6.07) is 3.75. The van der Waals surface area contributed by atoms with Crippen molar-refractivity contribution in [3.05, 3.63) is 34.7 Å². The zero-order valence-corrected chi connectivity index (χ0v) is 17.7. The van der Waals surface area contributed by atoms with Crippen LogP contribution >= 0.6 is 11.6 Å². The van der Waals surface area contributed by atoms with Gasteiger partial charge in [-0.2, -0.15) is 4.98 Å². The Bertz CT molecular complexity index is 989. The molecule has 28 heavy (non-hydrogen) atoms. The smallest absolute Gasteiger partial charge is 0.265 e. The van der Waals surface area contributed by atoms with E-state index in [4.69, 9.17) is 16.1 Å². The van der Waals surface area contributed by atoms with E-state index in [2.05, 4.69) is 10.1 Å². The molecular formula is C17H22ClN5O4S. The fourth-order valence-electron chi connectivity index (χ4n) is 3.00. The summed E-state index contributed by atoms with van der Waals surface area (Å²) < 4.78 is 31.2. The van der Waals surface area contributed by atoms with Crippen molar-refractivity contribution in [3.8, 4) is 0 Å². The van der Waals surface area contributed by atoms with Crippen LogP contribution in [-0.2, 0) is 10.0 Å². The second kappa shape index (κ2) is 7.69. The van der Waals surface area contributed by atoms with Crippen molar-refractivity contribution in [2.24, 2.45) is 0 Å². The molecule has 0 aliphatic carbocycles. The predicted octanol–water partition coefficient (Wildman–Crippen LogP) is 2.02. The zero-order valence-electron chi connectivity index (χ0n) is 16.1. The summed E-state index contributed by atoms with van der Waals surface area (Å²) in [7, 11) is 2.76. The summed E-state index contributed by atoms with van der Waals surface area (Å²) in [5.74, 6) is 0.405. The molecule has 1 fully saturated rings. The van der Waals surface area contributed by atoms with E-state index >= 15 is 0 Å². The Morgan fingerprint density at radius 2 is 2.00 bits per heavy atom. The average Bonchev–Trinajstić information content (AvgIpc) is 3.30. The fourth-order valence-corrected chi connectivity index (χ4v) is 4.13. The third kappa shape index (κ3) is 3.71. The van der Waals surface area contributed by atoms with Crippen LogP contribution in [0.2, 0.25) is 5.02 Å². The van der Waals surface area contributed by atoms with Crippen LogP contribution in [-0.4, -0.2) is 68.4 Å². The summed E-state index contributed by atoms with van der Waals surface area (Å²) in [4.78, 5) is 20.8. The van der Waals surface area contributed by atoms with Gasteiger partial charge in [0, 0.05) is 34.7 Å².